The number of aryl methyl sites for hydroxylation is 1. The number of piperidine rings is 1. The van der Waals surface area contributed by atoms with Crippen LogP contribution in [0.1, 0.15) is 21.8 Å². The van der Waals surface area contributed by atoms with Crippen molar-refractivity contribution in [1.82, 2.24) is 9.88 Å². The number of thiazole rings is 1. The Morgan fingerprint density at radius 1 is 1.13 bits per heavy atom. The molecule has 2 fully saturated rings. The summed E-state index contributed by atoms with van der Waals surface area (Å²) in [5, 5.41) is 6.36. The average Bonchev–Trinajstić information content (AvgIpc) is 3.13. The minimum Gasteiger partial charge on any atom is -0.336 e. The highest BCUT2D eigenvalue weighted by Crippen LogP contribution is 2.46. The molecule has 1 aromatic heterocycles. The van der Waals surface area contributed by atoms with Gasteiger partial charge in [0.05, 0.1) is 15.5 Å². The Balaban J connectivity index is 1.59. The van der Waals surface area contributed by atoms with Crippen LogP contribution in [-0.2, 0) is 10.0 Å². The Morgan fingerprint density at radius 3 is 2.39 bits per heavy atom. The number of halogens is 1. The van der Waals surface area contributed by atoms with Gasteiger partial charge in [-0.3, -0.25) is 4.79 Å². The minimum absolute atomic E-state index is 0.0449. The first-order chi connectivity index (χ1) is 14.7. The first kappa shape index (κ1) is 20.6. The van der Waals surface area contributed by atoms with Crippen LogP contribution in [0.25, 0.3) is 21.7 Å². The van der Waals surface area contributed by atoms with Gasteiger partial charge in [-0.25, -0.2) is 18.5 Å². The van der Waals surface area contributed by atoms with E-state index in [2.05, 4.69) is 0 Å². The number of nitrogens with two attached hydrogens (primary N) is 1. The molecule has 2 aromatic carbocycles. The van der Waals surface area contributed by atoms with E-state index in [0.29, 0.717) is 33.1 Å². The molecule has 6 nitrogen and oxygen atoms in total. The minimum atomic E-state index is -3.81. The molecule has 5 rings (SSSR count). The zero-order chi connectivity index (χ0) is 21.9. The van der Waals surface area contributed by atoms with Crippen LogP contribution in [0.5, 0.6) is 0 Å². The molecule has 1 saturated carbocycles. The number of rotatable bonds is 4. The Kier molecular flexibility index (Phi) is 4.93. The summed E-state index contributed by atoms with van der Waals surface area (Å²) in [5.41, 5.74) is 2.85. The number of fused-ring (bicyclic) bond motifs is 1. The maximum atomic E-state index is 13.1. The van der Waals surface area contributed by atoms with Crippen molar-refractivity contribution >= 4 is 38.9 Å². The summed E-state index contributed by atoms with van der Waals surface area (Å²) in [7, 11) is -3.81. The van der Waals surface area contributed by atoms with Crippen molar-refractivity contribution in [2.75, 3.05) is 13.1 Å². The van der Waals surface area contributed by atoms with E-state index >= 15 is 0 Å². The van der Waals surface area contributed by atoms with Gasteiger partial charge in [0.25, 0.3) is 5.91 Å². The lowest BCUT2D eigenvalue weighted by molar-refractivity contribution is 0.0775. The Hall–Kier alpha value is -2.26. The first-order valence-corrected chi connectivity index (χ1v) is 12.6. The van der Waals surface area contributed by atoms with Crippen molar-refractivity contribution < 1.29 is 13.2 Å². The van der Waals surface area contributed by atoms with Crippen LogP contribution < -0.4 is 5.14 Å². The van der Waals surface area contributed by atoms with Crippen LogP contribution in [0.15, 0.2) is 47.4 Å². The molecule has 0 radical (unpaired) electrons. The second kappa shape index (κ2) is 7.41. The van der Waals surface area contributed by atoms with Gasteiger partial charge >= 0.3 is 0 Å². The zero-order valence-corrected chi connectivity index (χ0v) is 19.1. The number of sulfonamides is 1. The Bertz CT molecular complexity index is 1290. The molecule has 2 heterocycles. The van der Waals surface area contributed by atoms with Gasteiger partial charge in [-0.2, -0.15) is 0 Å². The van der Waals surface area contributed by atoms with Crippen LogP contribution in [-0.4, -0.2) is 37.3 Å². The first-order valence-electron chi connectivity index (χ1n) is 9.90. The lowest BCUT2D eigenvalue weighted by Gasteiger charge is -2.15. The quantitative estimate of drug-likeness (QED) is 0.615. The lowest BCUT2D eigenvalue weighted by Crippen LogP contribution is -2.30. The number of primary sulfonamides is 1. The molecule has 3 aromatic rings. The van der Waals surface area contributed by atoms with Gasteiger partial charge in [-0.15, -0.1) is 11.3 Å². The fourth-order valence-electron chi connectivity index (χ4n) is 4.22. The zero-order valence-electron chi connectivity index (χ0n) is 16.7. The van der Waals surface area contributed by atoms with Crippen molar-refractivity contribution in [2.45, 2.75) is 18.2 Å². The summed E-state index contributed by atoms with van der Waals surface area (Å²) < 4.78 is 23.6. The predicted molar refractivity (Wildman–Crippen MR) is 122 cm³/mol. The molecule has 9 heteroatoms. The number of benzene rings is 2. The van der Waals surface area contributed by atoms with E-state index in [-0.39, 0.29) is 10.8 Å². The molecule has 2 N–H and O–H groups in total. The van der Waals surface area contributed by atoms with E-state index in [1.54, 1.807) is 31.2 Å². The summed E-state index contributed by atoms with van der Waals surface area (Å²) in [6, 6.07) is 12.3. The molecule has 2 atom stereocenters. The molecule has 1 aliphatic heterocycles. The molecule has 1 aliphatic carbocycles. The molecule has 2 unspecified atom stereocenters. The van der Waals surface area contributed by atoms with Crippen molar-refractivity contribution in [3.05, 3.63) is 58.1 Å². The van der Waals surface area contributed by atoms with Crippen molar-refractivity contribution in [1.29, 1.82) is 0 Å². The molecule has 2 aliphatic rings. The summed E-state index contributed by atoms with van der Waals surface area (Å²) in [6.45, 7) is 3.31. The predicted octanol–water partition coefficient (Wildman–Crippen LogP) is 4.18. The van der Waals surface area contributed by atoms with Crippen LogP contribution in [0, 0.1) is 18.8 Å². The van der Waals surface area contributed by atoms with Gasteiger partial charge in [-0.05, 0) is 60.6 Å². The van der Waals surface area contributed by atoms with Gasteiger partial charge in [0, 0.05) is 23.7 Å². The molecule has 0 bridgehead atoms. The second-order valence-electron chi connectivity index (χ2n) is 8.19. The van der Waals surface area contributed by atoms with Crippen LogP contribution in [0.3, 0.4) is 0 Å². The number of likely N-dealkylation sites (tertiary alicyclic amines) is 1. The SMILES string of the molecule is Cc1cc(-c2sc(C(=O)N3CC4CC4C3)nc2-c2ccc(Cl)cc2)ccc1S(N)(=O)=O. The van der Waals surface area contributed by atoms with Crippen molar-refractivity contribution in [2.24, 2.45) is 17.0 Å². The van der Waals surface area contributed by atoms with E-state index in [0.717, 1.165) is 29.1 Å². The molecule has 1 amide bonds. The van der Waals surface area contributed by atoms with Gasteiger partial charge in [0.15, 0.2) is 5.01 Å². The van der Waals surface area contributed by atoms with E-state index in [1.165, 1.54) is 23.8 Å². The number of hydrogen-bond acceptors (Lipinski definition) is 5. The van der Waals surface area contributed by atoms with Gasteiger partial charge in [-0.1, -0.05) is 29.8 Å². The van der Waals surface area contributed by atoms with Crippen LogP contribution >= 0.6 is 22.9 Å². The number of nitrogens with zero attached hydrogens (tertiary/aromatic N) is 2. The maximum absolute atomic E-state index is 13.1. The Labute approximate surface area is 189 Å². The van der Waals surface area contributed by atoms with Gasteiger partial charge in [0.2, 0.25) is 10.0 Å². The summed E-state index contributed by atoms with van der Waals surface area (Å²) in [4.78, 5) is 20.6. The van der Waals surface area contributed by atoms with E-state index in [4.69, 9.17) is 21.7 Å². The largest absolute Gasteiger partial charge is 0.336 e. The number of amides is 1. The van der Waals surface area contributed by atoms with Crippen LogP contribution in [0.2, 0.25) is 5.02 Å². The van der Waals surface area contributed by atoms with E-state index in [9.17, 15) is 13.2 Å². The fourth-order valence-corrected chi connectivity index (χ4v) is 6.16. The summed E-state index contributed by atoms with van der Waals surface area (Å²) >= 11 is 7.38. The number of hydrogen-bond donors (Lipinski definition) is 1. The number of aromatic nitrogens is 1. The highest BCUT2D eigenvalue weighted by atomic mass is 35.5. The lowest BCUT2D eigenvalue weighted by atomic mass is 10.1. The molecule has 31 heavy (non-hydrogen) atoms. The summed E-state index contributed by atoms with van der Waals surface area (Å²) in [5.74, 6) is 1.25. The highest BCUT2D eigenvalue weighted by molar-refractivity contribution is 7.89. The third-order valence-electron chi connectivity index (χ3n) is 5.94. The van der Waals surface area contributed by atoms with Gasteiger partial charge < -0.3 is 4.90 Å². The molecular formula is C22H20ClN3O3S2. The normalized spacial score (nSPS) is 20.0. The molecular weight excluding hydrogens is 454 g/mol. The average molecular weight is 474 g/mol. The topological polar surface area (TPSA) is 93.4 Å². The van der Waals surface area contributed by atoms with E-state index in [1.807, 2.05) is 17.0 Å². The third-order valence-corrected chi connectivity index (χ3v) is 8.35. The molecule has 1 saturated heterocycles. The summed E-state index contributed by atoms with van der Waals surface area (Å²) in [6.07, 6.45) is 1.22. The van der Waals surface area contributed by atoms with Gasteiger partial charge in [0.1, 0.15) is 0 Å². The maximum Gasteiger partial charge on any atom is 0.282 e. The van der Waals surface area contributed by atoms with Crippen LogP contribution in [0.4, 0.5) is 0 Å². The smallest absolute Gasteiger partial charge is 0.282 e. The monoisotopic (exact) mass is 473 g/mol. The Morgan fingerprint density at radius 2 is 1.77 bits per heavy atom. The van der Waals surface area contributed by atoms with Crippen molar-refractivity contribution in [3.8, 4) is 21.7 Å². The second-order valence-corrected chi connectivity index (χ2v) is 11.2. The third kappa shape index (κ3) is 3.89. The molecule has 160 valence electrons. The highest BCUT2D eigenvalue weighted by Gasteiger charge is 2.47. The van der Waals surface area contributed by atoms with Crippen molar-refractivity contribution in [3.63, 3.8) is 0 Å². The number of carbonyl (C=O) groups excluding carboxylic acids is 1. The van der Waals surface area contributed by atoms with E-state index < -0.39 is 10.0 Å². The number of carbonyl (C=O) groups is 1. The molecule has 0 spiro atoms. The fraction of sp³-hybridized carbons (Fsp3) is 0.273. The standard InChI is InChI=1S/C22H20ClN3O3S2/c1-12-8-14(4-7-18(12)31(24,28)29)20-19(13-2-5-17(23)6-3-13)25-21(30-20)22(27)26-10-15-9-16(15)11-26/h2-8,15-16H,9-11H2,1H3,(H2,24,28,29).